The smallest absolute Gasteiger partial charge is 0.145 e. The Hall–Kier alpha value is -0.930. The third kappa shape index (κ3) is 4.39. The molecule has 0 aromatic rings. The van der Waals surface area contributed by atoms with Crippen molar-refractivity contribution in [3.8, 4) is 0 Å². The highest BCUT2D eigenvalue weighted by molar-refractivity contribution is 5.72. The van der Waals surface area contributed by atoms with Crippen LogP contribution in [0.2, 0.25) is 0 Å². The number of aldehydes is 1. The van der Waals surface area contributed by atoms with E-state index in [0.717, 1.165) is 23.9 Å². The van der Waals surface area contributed by atoms with Gasteiger partial charge in [0, 0.05) is 0 Å². The van der Waals surface area contributed by atoms with E-state index in [4.69, 9.17) is 0 Å². The van der Waals surface area contributed by atoms with E-state index in [1.165, 1.54) is 0 Å². The van der Waals surface area contributed by atoms with Crippen LogP contribution < -0.4 is 0 Å². The van der Waals surface area contributed by atoms with Gasteiger partial charge in [0.25, 0.3) is 0 Å². The number of carbonyl (C=O) groups is 1. The molecule has 0 aromatic carbocycles. The lowest BCUT2D eigenvalue weighted by Gasteiger charge is -2.32. The molecule has 18 heavy (non-hydrogen) atoms. The van der Waals surface area contributed by atoms with Crippen molar-refractivity contribution >= 4 is 6.29 Å². The SMILES string of the molecule is C=C1CC/C=C(/C=O)CC[C@H](C(C)(C)O)CC1O. The fourth-order valence-electron chi connectivity index (χ4n) is 2.36. The number of carbonyl (C=O) groups excluding carboxylic acids is 1. The van der Waals surface area contributed by atoms with Crippen LogP contribution in [0.4, 0.5) is 0 Å². The fourth-order valence-corrected chi connectivity index (χ4v) is 2.36. The predicted octanol–water partition coefficient (Wildman–Crippen LogP) is 2.38. The van der Waals surface area contributed by atoms with Gasteiger partial charge in [-0.1, -0.05) is 12.7 Å². The summed E-state index contributed by atoms with van der Waals surface area (Å²) < 4.78 is 0. The van der Waals surface area contributed by atoms with Gasteiger partial charge in [-0.15, -0.1) is 0 Å². The molecule has 2 N–H and O–H groups in total. The van der Waals surface area contributed by atoms with E-state index < -0.39 is 11.7 Å². The van der Waals surface area contributed by atoms with Crippen LogP contribution in [-0.4, -0.2) is 28.2 Å². The monoisotopic (exact) mass is 252 g/mol. The van der Waals surface area contributed by atoms with Gasteiger partial charge in [-0.25, -0.2) is 0 Å². The first-order chi connectivity index (χ1) is 8.34. The van der Waals surface area contributed by atoms with E-state index in [1.54, 1.807) is 13.8 Å². The number of aliphatic hydroxyl groups excluding tert-OH is 1. The molecular weight excluding hydrogens is 228 g/mol. The Morgan fingerprint density at radius 1 is 1.44 bits per heavy atom. The van der Waals surface area contributed by atoms with E-state index in [-0.39, 0.29) is 5.92 Å². The molecule has 0 fully saturated rings. The highest BCUT2D eigenvalue weighted by atomic mass is 16.3. The summed E-state index contributed by atoms with van der Waals surface area (Å²) in [5.74, 6) is -0.0364. The van der Waals surface area contributed by atoms with Gasteiger partial charge in [-0.3, -0.25) is 4.79 Å². The van der Waals surface area contributed by atoms with Crippen LogP contribution in [0.1, 0.15) is 46.0 Å². The van der Waals surface area contributed by atoms with Crippen molar-refractivity contribution in [2.24, 2.45) is 5.92 Å². The molecule has 0 saturated heterocycles. The topological polar surface area (TPSA) is 57.5 Å². The third-order valence-electron chi connectivity index (χ3n) is 3.78. The second-order valence-corrected chi connectivity index (χ2v) is 5.73. The molecule has 102 valence electrons. The Morgan fingerprint density at radius 2 is 2.11 bits per heavy atom. The highest BCUT2D eigenvalue weighted by Gasteiger charge is 2.29. The summed E-state index contributed by atoms with van der Waals surface area (Å²) in [6, 6.07) is 0. The molecule has 3 heteroatoms. The summed E-state index contributed by atoms with van der Waals surface area (Å²) in [6.45, 7) is 7.39. The minimum atomic E-state index is -0.853. The van der Waals surface area contributed by atoms with Crippen molar-refractivity contribution < 1.29 is 15.0 Å². The number of aliphatic hydroxyl groups is 2. The molecule has 0 bridgehead atoms. The zero-order valence-electron chi connectivity index (χ0n) is 11.4. The maximum absolute atomic E-state index is 10.9. The fraction of sp³-hybridized carbons (Fsp3) is 0.667. The van der Waals surface area contributed by atoms with Gasteiger partial charge in [-0.05, 0) is 63.0 Å². The Labute approximate surface area is 109 Å². The molecule has 0 saturated carbocycles. The molecule has 1 aliphatic rings. The maximum Gasteiger partial charge on any atom is 0.145 e. The number of hydrogen-bond donors (Lipinski definition) is 2. The zero-order valence-corrected chi connectivity index (χ0v) is 11.4. The van der Waals surface area contributed by atoms with Gasteiger partial charge in [0.1, 0.15) is 6.29 Å². The molecule has 0 amide bonds. The maximum atomic E-state index is 10.9. The minimum Gasteiger partial charge on any atom is -0.390 e. The summed E-state index contributed by atoms with van der Waals surface area (Å²) in [5, 5.41) is 20.2. The molecule has 1 rings (SSSR count). The normalized spacial score (nSPS) is 30.4. The lowest BCUT2D eigenvalue weighted by Crippen LogP contribution is -2.34. The summed E-state index contributed by atoms with van der Waals surface area (Å²) in [5.41, 5.74) is 0.718. The van der Waals surface area contributed by atoms with Gasteiger partial charge in [-0.2, -0.15) is 0 Å². The number of hydrogen-bond acceptors (Lipinski definition) is 3. The van der Waals surface area contributed by atoms with Gasteiger partial charge < -0.3 is 10.2 Å². The average molecular weight is 252 g/mol. The van der Waals surface area contributed by atoms with Crippen molar-refractivity contribution in [1.82, 2.24) is 0 Å². The second kappa shape index (κ2) is 6.30. The molecule has 0 radical (unpaired) electrons. The van der Waals surface area contributed by atoms with E-state index in [2.05, 4.69) is 6.58 Å². The zero-order chi connectivity index (χ0) is 13.8. The van der Waals surface area contributed by atoms with E-state index >= 15 is 0 Å². The number of allylic oxidation sites excluding steroid dienone is 2. The van der Waals surface area contributed by atoms with Crippen molar-refractivity contribution in [3.63, 3.8) is 0 Å². The van der Waals surface area contributed by atoms with Crippen LogP contribution in [0.15, 0.2) is 23.8 Å². The molecule has 3 nitrogen and oxygen atoms in total. The summed E-state index contributed by atoms with van der Waals surface area (Å²) in [6.07, 6.45) is 5.56. The van der Waals surface area contributed by atoms with Crippen molar-refractivity contribution in [3.05, 3.63) is 23.8 Å². The quantitative estimate of drug-likeness (QED) is 0.586. The Morgan fingerprint density at radius 3 is 2.67 bits per heavy atom. The van der Waals surface area contributed by atoms with Crippen LogP contribution in [0.25, 0.3) is 0 Å². The summed E-state index contributed by atoms with van der Waals surface area (Å²) in [7, 11) is 0. The van der Waals surface area contributed by atoms with Gasteiger partial charge in [0.05, 0.1) is 11.7 Å². The first-order valence-corrected chi connectivity index (χ1v) is 6.57. The second-order valence-electron chi connectivity index (χ2n) is 5.73. The molecule has 0 spiro atoms. The van der Waals surface area contributed by atoms with Gasteiger partial charge in [0.15, 0.2) is 0 Å². The standard InChI is InChI=1S/C15H24O3/c1-11-5-4-6-12(10-16)7-8-13(9-14(11)17)15(2,3)18/h6,10,13-14,17-18H,1,4-5,7-9H2,2-3H3/b12-6+/t13-,14?/m0/s1. The van der Waals surface area contributed by atoms with Crippen molar-refractivity contribution in [2.45, 2.75) is 57.7 Å². The Balaban J connectivity index is 2.87. The van der Waals surface area contributed by atoms with Crippen molar-refractivity contribution in [1.29, 1.82) is 0 Å². The number of rotatable bonds is 2. The van der Waals surface area contributed by atoms with E-state index in [0.29, 0.717) is 25.7 Å². The summed E-state index contributed by atoms with van der Waals surface area (Å²) >= 11 is 0. The van der Waals surface area contributed by atoms with Gasteiger partial charge in [0.2, 0.25) is 0 Å². The van der Waals surface area contributed by atoms with Crippen molar-refractivity contribution in [2.75, 3.05) is 0 Å². The summed E-state index contributed by atoms with van der Waals surface area (Å²) in [4.78, 5) is 10.9. The molecule has 0 aromatic heterocycles. The first kappa shape index (κ1) is 15.1. The van der Waals surface area contributed by atoms with Crippen LogP contribution in [0.5, 0.6) is 0 Å². The molecule has 2 atom stereocenters. The molecular formula is C15H24O3. The van der Waals surface area contributed by atoms with Crippen LogP contribution >= 0.6 is 0 Å². The average Bonchev–Trinajstić information content (AvgIpc) is 2.29. The Bertz CT molecular complexity index is 336. The largest absolute Gasteiger partial charge is 0.390 e. The van der Waals surface area contributed by atoms with Crippen LogP contribution in [0, 0.1) is 5.92 Å². The molecule has 1 unspecified atom stereocenters. The molecule has 0 heterocycles. The first-order valence-electron chi connectivity index (χ1n) is 6.57. The van der Waals surface area contributed by atoms with Gasteiger partial charge >= 0.3 is 0 Å². The lowest BCUT2D eigenvalue weighted by atomic mass is 9.80. The highest BCUT2D eigenvalue weighted by Crippen LogP contribution is 2.31. The minimum absolute atomic E-state index is 0.0364. The third-order valence-corrected chi connectivity index (χ3v) is 3.78. The molecule has 1 aliphatic carbocycles. The van der Waals surface area contributed by atoms with E-state index in [1.807, 2.05) is 6.08 Å². The lowest BCUT2D eigenvalue weighted by molar-refractivity contribution is -0.105. The van der Waals surface area contributed by atoms with E-state index in [9.17, 15) is 15.0 Å². The molecule has 0 aliphatic heterocycles. The predicted molar refractivity (Wildman–Crippen MR) is 72.2 cm³/mol. The van der Waals surface area contributed by atoms with Crippen LogP contribution in [0.3, 0.4) is 0 Å². The Kier molecular flexibility index (Phi) is 5.29. The van der Waals surface area contributed by atoms with Crippen LogP contribution in [-0.2, 0) is 4.79 Å².